The zero-order valence-electron chi connectivity index (χ0n) is 16.7. The molecule has 0 radical (unpaired) electrons. The molecule has 0 N–H and O–H groups in total. The van der Waals surface area contributed by atoms with Gasteiger partial charge in [0.15, 0.2) is 0 Å². The van der Waals surface area contributed by atoms with Gasteiger partial charge in [0.2, 0.25) is 0 Å². The first-order chi connectivity index (χ1) is 16.8. The van der Waals surface area contributed by atoms with Crippen molar-refractivity contribution in [1.29, 1.82) is 0 Å². The van der Waals surface area contributed by atoms with E-state index in [-0.39, 0.29) is 24.3 Å². The highest BCUT2D eigenvalue weighted by Gasteiger charge is 2.46. The monoisotopic (exact) mass is 568 g/mol. The van der Waals surface area contributed by atoms with Gasteiger partial charge < -0.3 is 0 Å². The summed E-state index contributed by atoms with van der Waals surface area (Å²) in [7, 11) is -12.7. The summed E-state index contributed by atoms with van der Waals surface area (Å²) in [5, 5.41) is 67.0. The second-order valence-corrected chi connectivity index (χ2v) is 9.32. The van der Waals surface area contributed by atoms with E-state index >= 15 is 0 Å². The van der Waals surface area contributed by atoms with Crippen LogP contribution in [0.3, 0.4) is 0 Å². The zero-order chi connectivity index (χ0) is 28.6. The van der Waals surface area contributed by atoms with Gasteiger partial charge in [-0.05, 0) is 0 Å². The molecule has 2 aromatic carbocycles. The predicted octanol–water partition coefficient (Wildman–Crippen LogP) is 1.23. The van der Waals surface area contributed by atoms with Crippen LogP contribution in [0.4, 0.5) is 34.1 Å². The maximum atomic E-state index is 12.7. The lowest BCUT2D eigenvalue weighted by molar-refractivity contribution is -0.407. The van der Waals surface area contributed by atoms with Crippen LogP contribution >= 0.6 is 0 Å². The van der Waals surface area contributed by atoms with Crippen molar-refractivity contribution in [2.24, 2.45) is 0 Å². The molecule has 196 valence electrons. The fourth-order valence-corrected chi connectivity index (χ4v) is 5.67. The predicted molar refractivity (Wildman–Crippen MR) is 108 cm³/mol. The number of hydrogen-bond donors (Lipinski definition) is 0. The second kappa shape index (κ2) is 9.39. The van der Waals surface area contributed by atoms with Crippen LogP contribution in [-0.4, -0.2) is 46.4 Å². The molecule has 0 heterocycles. The summed E-state index contributed by atoms with van der Waals surface area (Å²) in [6.45, 7) is 0. The van der Waals surface area contributed by atoms with E-state index in [1.54, 1.807) is 0 Å². The van der Waals surface area contributed by atoms with Gasteiger partial charge >= 0.3 is 43.0 Å². The number of nitrogens with zero attached hydrogens (tertiary/aromatic N) is 6. The maximum absolute atomic E-state index is 12.7. The molecule has 37 heavy (non-hydrogen) atoms. The first-order valence-corrected chi connectivity index (χ1v) is 11.1. The van der Waals surface area contributed by atoms with Crippen LogP contribution in [0.25, 0.3) is 0 Å². The van der Waals surface area contributed by atoms with E-state index in [0.29, 0.717) is 0 Å². The minimum Gasteiger partial charge on any atom is -0.258 e. The molecule has 0 aromatic heterocycles. The Balaban J connectivity index is 2.95. The molecule has 0 unspecified atom stereocenters. The van der Waals surface area contributed by atoms with Gasteiger partial charge in [0.05, 0.1) is 53.8 Å². The fourth-order valence-electron chi connectivity index (χ4n) is 2.62. The van der Waals surface area contributed by atoms with Crippen molar-refractivity contribution in [3.05, 3.63) is 85.0 Å². The van der Waals surface area contributed by atoms with Crippen LogP contribution in [-0.2, 0) is 23.9 Å². The van der Waals surface area contributed by atoms with Crippen molar-refractivity contribution in [3.63, 3.8) is 0 Å². The van der Waals surface area contributed by atoms with Crippen LogP contribution in [0.15, 0.2) is 34.1 Å². The number of rotatable bonds is 10. The summed E-state index contributed by atoms with van der Waals surface area (Å²) in [5.41, 5.74) is -10.5. The van der Waals surface area contributed by atoms with E-state index in [2.05, 4.69) is 3.63 Å². The van der Waals surface area contributed by atoms with Gasteiger partial charge in [-0.2, -0.15) is 16.8 Å². The Hall–Kier alpha value is -5.30. The molecule has 2 aromatic rings. The third-order valence-corrected chi connectivity index (χ3v) is 7.23. The van der Waals surface area contributed by atoms with E-state index in [9.17, 15) is 77.5 Å². The van der Waals surface area contributed by atoms with Crippen LogP contribution < -0.4 is 0 Å². The number of benzene rings is 2. The molecule has 0 atom stereocenters. The molecule has 0 saturated carbocycles. The molecular formula is C12H4N6O17S2. The van der Waals surface area contributed by atoms with E-state index in [4.69, 9.17) is 0 Å². The summed E-state index contributed by atoms with van der Waals surface area (Å²) >= 11 is 0. The molecule has 0 bridgehead atoms. The fraction of sp³-hybridized carbons (Fsp3) is 0. The number of non-ortho nitro benzene ring substituents is 2. The highest BCUT2D eigenvalue weighted by Crippen LogP contribution is 2.42. The van der Waals surface area contributed by atoms with E-state index in [1.807, 2.05) is 0 Å². The molecule has 0 aliphatic rings. The standard InChI is InChI=1S/C12H4N6O17S2/c19-13(20)5-1-7(15(23)24)11(8(2-5)16(25)26)36(31,32)35-37(33,34)12-9(17(27)28)3-6(14(21)22)4-10(12)18(29)30/h1-4H. The Labute approximate surface area is 199 Å². The Morgan fingerprint density at radius 3 is 0.838 bits per heavy atom. The molecule has 0 fully saturated rings. The van der Waals surface area contributed by atoms with Crippen molar-refractivity contribution in [2.75, 3.05) is 0 Å². The average Bonchev–Trinajstić information content (AvgIpc) is 2.75. The first-order valence-electron chi connectivity index (χ1n) is 8.25. The molecule has 2 rings (SSSR count). The van der Waals surface area contributed by atoms with Crippen molar-refractivity contribution < 1.29 is 50.0 Å². The van der Waals surface area contributed by atoms with E-state index < -0.39 is 93.7 Å². The smallest absolute Gasteiger partial charge is 0.258 e. The van der Waals surface area contributed by atoms with Crippen molar-refractivity contribution in [2.45, 2.75) is 9.79 Å². The topological polar surface area (TPSA) is 336 Å². The van der Waals surface area contributed by atoms with Gasteiger partial charge in [-0.25, -0.2) is 0 Å². The van der Waals surface area contributed by atoms with Gasteiger partial charge in [0.25, 0.3) is 21.2 Å². The summed E-state index contributed by atoms with van der Waals surface area (Å²) in [4.78, 5) is 53.0. The highest BCUT2D eigenvalue weighted by molar-refractivity contribution is 8.00. The molecule has 0 aliphatic heterocycles. The van der Waals surface area contributed by atoms with Gasteiger partial charge in [0.1, 0.15) is 0 Å². The third-order valence-electron chi connectivity index (χ3n) is 3.96. The molecular weight excluding hydrogens is 564 g/mol. The summed E-state index contributed by atoms with van der Waals surface area (Å²) in [6, 6.07) is -0.474. The Kier molecular flexibility index (Phi) is 7.09. The largest absolute Gasteiger partial charge is 0.325 e. The highest BCUT2D eigenvalue weighted by atomic mass is 32.3. The van der Waals surface area contributed by atoms with Crippen LogP contribution in [0.5, 0.6) is 0 Å². The van der Waals surface area contributed by atoms with E-state index in [0.717, 1.165) is 0 Å². The van der Waals surface area contributed by atoms with Crippen LogP contribution in [0.1, 0.15) is 0 Å². The Morgan fingerprint density at radius 2 is 0.676 bits per heavy atom. The SMILES string of the molecule is O=[N+]([O-])c1cc([N+](=O)[O-])c(S(=O)(=O)OS(=O)(=O)c2c([N+](=O)[O-])cc([N+](=O)[O-])cc2[N+](=O)[O-])c([N+](=O)[O-])c1. The lowest BCUT2D eigenvalue weighted by Gasteiger charge is -2.08. The van der Waals surface area contributed by atoms with E-state index in [1.165, 1.54) is 0 Å². The molecule has 23 nitrogen and oxygen atoms in total. The zero-order valence-corrected chi connectivity index (χ0v) is 18.4. The normalized spacial score (nSPS) is 11.5. The number of hydrogen-bond acceptors (Lipinski definition) is 17. The molecule has 0 amide bonds. The number of nitro benzene ring substituents is 6. The molecule has 0 spiro atoms. The van der Waals surface area contributed by atoms with Gasteiger partial charge in [0, 0.05) is 0 Å². The lowest BCUT2D eigenvalue weighted by atomic mass is 10.2. The third kappa shape index (κ3) is 5.36. The molecule has 25 heteroatoms. The summed E-state index contributed by atoms with van der Waals surface area (Å²) < 4.78 is 54.4. The summed E-state index contributed by atoms with van der Waals surface area (Å²) in [6.07, 6.45) is 0. The Bertz CT molecular complexity index is 1450. The minimum atomic E-state index is -6.34. The van der Waals surface area contributed by atoms with Gasteiger partial charge in [-0.15, -0.1) is 3.63 Å². The lowest BCUT2D eigenvalue weighted by Crippen LogP contribution is -2.19. The molecule has 0 aliphatic carbocycles. The summed E-state index contributed by atoms with van der Waals surface area (Å²) in [5.74, 6) is 0. The quantitative estimate of drug-likeness (QED) is 0.287. The Morgan fingerprint density at radius 1 is 0.459 bits per heavy atom. The van der Waals surface area contributed by atoms with Crippen molar-refractivity contribution in [3.8, 4) is 0 Å². The molecule has 0 saturated heterocycles. The van der Waals surface area contributed by atoms with Crippen LogP contribution in [0, 0.1) is 60.7 Å². The first kappa shape index (κ1) is 27.9. The van der Waals surface area contributed by atoms with Gasteiger partial charge in [-0.1, -0.05) is 0 Å². The average molecular weight is 568 g/mol. The van der Waals surface area contributed by atoms with Crippen molar-refractivity contribution >= 4 is 54.4 Å². The minimum absolute atomic E-state index is 0.118. The van der Waals surface area contributed by atoms with Crippen LogP contribution in [0.2, 0.25) is 0 Å². The number of nitro groups is 6. The van der Waals surface area contributed by atoms with Crippen molar-refractivity contribution in [1.82, 2.24) is 0 Å². The second-order valence-electron chi connectivity index (χ2n) is 6.15. The van der Waals surface area contributed by atoms with Gasteiger partial charge in [-0.3, -0.25) is 60.7 Å². The maximum Gasteiger partial charge on any atom is 0.325 e.